The van der Waals surface area contributed by atoms with Crippen molar-refractivity contribution in [3.8, 4) is 6.07 Å². The molecule has 0 saturated carbocycles. The van der Waals surface area contributed by atoms with Crippen LogP contribution in [0.1, 0.15) is 11.4 Å². The summed E-state index contributed by atoms with van der Waals surface area (Å²) in [6.07, 6.45) is 1.61. The Morgan fingerprint density at radius 2 is 2.40 bits per heavy atom. The highest BCUT2D eigenvalue weighted by molar-refractivity contribution is 7.07. The maximum atomic E-state index is 8.66. The second-order valence-corrected chi connectivity index (χ2v) is 3.59. The minimum absolute atomic E-state index is 0.415. The molecule has 2 aromatic rings. The fourth-order valence-corrected chi connectivity index (χ4v) is 1.68. The fraction of sp³-hybridized carbons (Fsp3) is 0.100. The van der Waals surface area contributed by atoms with Gasteiger partial charge in [-0.1, -0.05) is 0 Å². The minimum Gasteiger partial charge on any atom is -0.379 e. The summed E-state index contributed by atoms with van der Waals surface area (Å²) in [5, 5.41) is 13.8. The molecule has 0 aliphatic rings. The second-order valence-electron chi connectivity index (χ2n) is 2.87. The van der Waals surface area contributed by atoms with Gasteiger partial charge < -0.3 is 5.32 Å². The van der Waals surface area contributed by atoms with Crippen LogP contribution in [0.3, 0.4) is 0 Å². The summed E-state index contributed by atoms with van der Waals surface area (Å²) >= 11 is 1.57. The van der Waals surface area contributed by atoms with Gasteiger partial charge in [-0.2, -0.15) is 5.26 Å². The van der Waals surface area contributed by atoms with Gasteiger partial charge in [0.1, 0.15) is 11.8 Å². The van der Waals surface area contributed by atoms with Crippen molar-refractivity contribution in [2.24, 2.45) is 0 Å². The molecule has 2 heterocycles. The third kappa shape index (κ3) is 2.51. The van der Waals surface area contributed by atoms with Crippen molar-refractivity contribution in [3.05, 3.63) is 40.6 Å². The molecule has 2 aromatic heterocycles. The van der Waals surface area contributed by atoms with E-state index >= 15 is 0 Å². The molecule has 15 heavy (non-hydrogen) atoms. The molecule has 0 unspecified atom stereocenters. The number of rotatable bonds is 3. The molecule has 0 amide bonds. The predicted octanol–water partition coefficient (Wildman–Crippen LogP) is 2.02. The maximum absolute atomic E-state index is 8.66. The third-order valence-corrected chi connectivity index (χ3v) is 2.47. The van der Waals surface area contributed by atoms with Crippen LogP contribution in [-0.2, 0) is 6.54 Å². The standard InChI is InChI=1S/C10H8N4S/c11-4-9-3-8(1-2-12-9)13-5-10-6-15-7-14-10/h1-3,6-7H,5H2,(H,12,13). The number of hydrogen-bond donors (Lipinski definition) is 1. The highest BCUT2D eigenvalue weighted by Crippen LogP contribution is 2.09. The summed E-state index contributed by atoms with van der Waals surface area (Å²) in [5.41, 5.74) is 4.09. The first-order chi connectivity index (χ1) is 7.38. The zero-order valence-electron chi connectivity index (χ0n) is 7.84. The lowest BCUT2D eigenvalue weighted by molar-refractivity contribution is 1.07. The zero-order chi connectivity index (χ0) is 10.5. The fourth-order valence-electron chi connectivity index (χ4n) is 1.12. The van der Waals surface area contributed by atoms with Crippen LogP contribution in [0, 0.1) is 11.3 Å². The molecule has 0 aliphatic heterocycles. The van der Waals surface area contributed by atoms with Gasteiger partial charge >= 0.3 is 0 Å². The van der Waals surface area contributed by atoms with E-state index in [0.717, 1.165) is 11.4 Å². The molecule has 0 spiro atoms. The molecule has 1 N–H and O–H groups in total. The van der Waals surface area contributed by atoms with Crippen LogP contribution >= 0.6 is 11.3 Å². The maximum Gasteiger partial charge on any atom is 0.142 e. The molecular weight excluding hydrogens is 208 g/mol. The highest BCUT2D eigenvalue weighted by atomic mass is 32.1. The van der Waals surface area contributed by atoms with Crippen molar-refractivity contribution in [3.63, 3.8) is 0 Å². The Balaban J connectivity index is 2.02. The number of anilines is 1. The summed E-state index contributed by atoms with van der Waals surface area (Å²) in [7, 11) is 0. The van der Waals surface area contributed by atoms with E-state index < -0.39 is 0 Å². The van der Waals surface area contributed by atoms with Crippen molar-refractivity contribution < 1.29 is 0 Å². The highest BCUT2D eigenvalue weighted by Gasteiger charge is 1.97. The SMILES string of the molecule is N#Cc1cc(NCc2cscn2)ccn1. The van der Waals surface area contributed by atoms with Gasteiger partial charge in [0.15, 0.2) is 0 Å². The summed E-state index contributed by atoms with van der Waals surface area (Å²) in [4.78, 5) is 8.04. The second kappa shape index (κ2) is 4.53. The van der Waals surface area contributed by atoms with Crippen LogP contribution in [0.5, 0.6) is 0 Å². The van der Waals surface area contributed by atoms with E-state index in [1.165, 1.54) is 0 Å². The molecule has 0 aliphatic carbocycles. The van der Waals surface area contributed by atoms with Crippen LogP contribution in [0.15, 0.2) is 29.2 Å². The summed E-state index contributed by atoms with van der Waals surface area (Å²) in [5.74, 6) is 0. The lowest BCUT2D eigenvalue weighted by atomic mass is 10.3. The van der Waals surface area contributed by atoms with Gasteiger partial charge in [0.2, 0.25) is 0 Å². The molecule has 4 nitrogen and oxygen atoms in total. The van der Waals surface area contributed by atoms with Crippen molar-refractivity contribution in [2.75, 3.05) is 5.32 Å². The molecule has 0 radical (unpaired) electrons. The number of nitrogens with zero attached hydrogens (tertiary/aromatic N) is 3. The van der Waals surface area contributed by atoms with Crippen molar-refractivity contribution >= 4 is 17.0 Å². The Morgan fingerprint density at radius 3 is 3.13 bits per heavy atom. The number of nitrogens with one attached hydrogen (secondary N) is 1. The van der Waals surface area contributed by atoms with Crippen molar-refractivity contribution in [2.45, 2.75) is 6.54 Å². The smallest absolute Gasteiger partial charge is 0.142 e. The number of aromatic nitrogens is 2. The lowest BCUT2D eigenvalue weighted by Gasteiger charge is -2.03. The van der Waals surface area contributed by atoms with E-state index in [0.29, 0.717) is 12.2 Å². The Hall–Kier alpha value is -1.93. The van der Waals surface area contributed by atoms with Crippen molar-refractivity contribution in [1.82, 2.24) is 9.97 Å². The molecule has 74 valence electrons. The first-order valence-electron chi connectivity index (χ1n) is 4.35. The van der Waals surface area contributed by atoms with E-state index in [1.807, 2.05) is 17.5 Å². The molecule has 0 atom stereocenters. The largest absolute Gasteiger partial charge is 0.379 e. The van der Waals surface area contributed by atoms with E-state index in [2.05, 4.69) is 15.3 Å². The van der Waals surface area contributed by atoms with Crippen molar-refractivity contribution in [1.29, 1.82) is 5.26 Å². The van der Waals surface area contributed by atoms with Crippen LogP contribution in [0.2, 0.25) is 0 Å². The monoisotopic (exact) mass is 216 g/mol. The van der Waals surface area contributed by atoms with Crippen LogP contribution < -0.4 is 5.32 Å². The molecule has 5 heteroatoms. The summed E-state index contributed by atoms with van der Waals surface area (Å²) < 4.78 is 0. The van der Waals surface area contributed by atoms with Crippen LogP contribution in [-0.4, -0.2) is 9.97 Å². The molecule has 0 aromatic carbocycles. The number of pyridine rings is 1. The van der Waals surface area contributed by atoms with E-state index in [-0.39, 0.29) is 0 Å². The van der Waals surface area contributed by atoms with Gasteiger partial charge in [-0.3, -0.25) is 0 Å². The summed E-state index contributed by atoms with van der Waals surface area (Å²) in [6, 6.07) is 5.54. The Bertz CT molecular complexity index is 472. The van der Waals surface area contributed by atoms with Gasteiger partial charge in [0, 0.05) is 17.3 Å². The molecule has 2 rings (SSSR count). The topological polar surface area (TPSA) is 61.6 Å². The number of nitriles is 1. The summed E-state index contributed by atoms with van der Waals surface area (Å²) in [6.45, 7) is 0.665. The first-order valence-corrected chi connectivity index (χ1v) is 5.30. The number of thiazole rings is 1. The van der Waals surface area contributed by atoms with Crippen LogP contribution in [0.25, 0.3) is 0 Å². The lowest BCUT2D eigenvalue weighted by Crippen LogP contribution is -2.00. The van der Waals surface area contributed by atoms with E-state index in [9.17, 15) is 0 Å². The zero-order valence-corrected chi connectivity index (χ0v) is 8.66. The van der Waals surface area contributed by atoms with Gasteiger partial charge in [-0.05, 0) is 12.1 Å². The Morgan fingerprint density at radius 1 is 1.47 bits per heavy atom. The average Bonchev–Trinajstić information content (AvgIpc) is 2.79. The van der Waals surface area contributed by atoms with Gasteiger partial charge in [-0.15, -0.1) is 11.3 Å². The number of hydrogen-bond acceptors (Lipinski definition) is 5. The Kier molecular flexibility index (Phi) is 2.90. The average molecular weight is 216 g/mol. The first kappa shape index (κ1) is 9.62. The molecule has 0 bridgehead atoms. The third-order valence-electron chi connectivity index (χ3n) is 1.83. The normalized spacial score (nSPS) is 9.53. The minimum atomic E-state index is 0.415. The van der Waals surface area contributed by atoms with E-state index in [1.54, 1.807) is 29.1 Å². The van der Waals surface area contributed by atoms with Gasteiger partial charge in [0.25, 0.3) is 0 Å². The molecule has 0 saturated heterocycles. The predicted molar refractivity (Wildman–Crippen MR) is 58.4 cm³/mol. The molecular formula is C10H8N4S. The van der Waals surface area contributed by atoms with E-state index in [4.69, 9.17) is 5.26 Å². The quantitative estimate of drug-likeness (QED) is 0.852. The molecule has 0 fully saturated rings. The van der Waals surface area contributed by atoms with Crippen LogP contribution in [0.4, 0.5) is 5.69 Å². The van der Waals surface area contributed by atoms with Gasteiger partial charge in [0.05, 0.1) is 17.7 Å². The Labute approximate surface area is 91.2 Å². The van der Waals surface area contributed by atoms with Gasteiger partial charge in [-0.25, -0.2) is 9.97 Å².